The Balaban J connectivity index is 2.26. The van der Waals surface area contributed by atoms with Gasteiger partial charge in [-0.05, 0) is 38.1 Å². The number of nitrogens with one attached hydrogen (secondary N) is 1. The third-order valence-electron chi connectivity index (χ3n) is 3.89. The van der Waals surface area contributed by atoms with Crippen molar-refractivity contribution in [3.63, 3.8) is 0 Å². The number of aliphatic imine (C=N–C) groups is 1. The Morgan fingerprint density at radius 2 is 1.76 bits per heavy atom. The van der Waals surface area contributed by atoms with E-state index in [4.69, 9.17) is 10.6 Å². The van der Waals surface area contributed by atoms with Crippen molar-refractivity contribution in [2.45, 2.75) is 13.8 Å². The van der Waals surface area contributed by atoms with Crippen LogP contribution in [0, 0.1) is 0 Å². The minimum Gasteiger partial charge on any atom is -0.497 e. The smallest absolute Gasteiger partial charge is 0.253 e. The van der Waals surface area contributed by atoms with E-state index in [0.29, 0.717) is 24.5 Å². The fraction of sp³-hybridized carbons (Fsp3) is 0.263. The zero-order valence-electron chi connectivity index (χ0n) is 14.8. The van der Waals surface area contributed by atoms with Crippen LogP contribution in [-0.2, 0) is 0 Å². The Morgan fingerprint density at radius 3 is 2.32 bits per heavy atom. The van der Waals surface area contributed by atoms with Gasteiger partial charge >= 0.3 is 0 Å². The molecule has 2 rings (SSSR count). The van der Waals surface area contributed by atoms with Crippen LogP contribution in [0.2, 0.25) is 0 Å². The summed E-state index contributed by atoms with van der Waals surface area (Å²) in [7, 11) is 1.61. The van der Waals surface area contributed by atoms with E-state index >= 15 is 0 Å². The van der Waals surface area contributed by atoms with Crippen LogP contribution in [-0.4, -0.2) is 36.8 Å². The number of hydrazine groups is 1. The zero-order chi connectivity index (χ0) is 18.2. The molecule has 3 N–H and O–H groups in total. The molecule has 0 heterocycles. The number of ether oxygens (including phenoxy) is 1. The standard InChI is InChI=1S/C19H24N4O2/c1-4-23(5-2)19(24)15-11-9-14(10-12-15)18(22-20)21-16-7-6-8-17(13-16)25-3/h6-13H,4-5,20H2,1-3H3,(H,21,22). The van der Waals surface area contributed by atoms with Crippen molar-refractivity contribution < 1.29 is 9.53 Å². The zero-order valence-corrected chi connectivity index (χ0v) is 14.8. The molecule has 0 radical (unpaired) electrons. The van der Waals surface area contributed by atoms with E-state index in [1.54, 1.807) is 24.1 Å². The third-order valence-corrected chi connectivity index (χ3v) is 3.89. The predicted octanol–water partition coefficient (Wildman–Crippen LogP) is 2.72. The Hall–Kier alpha value is -2.86. The molecule has 0 aliphatic heterocycles. The van der Waals surface area contributed by atoms with Gasteiger partial charge in [0.25, 0.3) is 5.91 Å². The topological polar surface area (TPSA) is 80.0 Å². The lowest BCUT2D eigenvalue weighted by atomic mass is 10.1. The number of carbonyl (C=O) groups is 1. The molecule has 0 bridgehead atoms. The largest absolute Gasteiger partial charge is 0.497 e. The molecule has 0 atom stereocenters. The van der Waals surface area contributed by atoms with Crippen molar-refractivity contribution in [3.8, 4) is 5.75 Å². The molecule has 6 nitrogen and oxygen atoms in total. The van der Waals surface area contributed by atoms with Crippen LogP contribution in [0.4, 0.5) is 5.69 Å². The van der Waals surface area contributed by atoms with E-state index in [0.717, 1.165) is 17.0 Å². The summed E-state index contributed by atoms with van der Waals surface area (Å²) in [5, 5.41) is 0. The van der Waals surface area contributed by atoms with Gasteiger partial charge in [0, 0.05) is 30.3 Å². The lowest BCUT2D eigenvalue weighted by Crippen LogP contribution is -2.32. The molecule has 0 aromatic heterocycles. The molecule has 0 spiro atoms. The quantitative estimate of drug-likeness (QED) is 0.367. The van der Waals surface area contributed by atoms with Crippen molar-refractivity contribution in [3.05, 3.63) is 59.7 Å². The van der Waals surface area contributed by atoms with Crippen molar-refractivity contribution in [2.24, 2.45) is 10.8 Å². The van der Waals surface area contributed by atoms with E-state index in [9.17, 15) is 4.79 Å². The molecule has 0 saturated heterocycles. The fourth-order valence-electron chi connectivity index (χ4n) is 2.45. The number of hydrogen-bond donors (Lipinski definition) is 2. The van der Waals surface area contributed by atoms with Crippen LogP contribution < -0.4 is 16.0 Å². The van der Waals surface area contributed by atoms with Gasteiger partial charge in [-0.15, -0.1) is 0 Å². The van der Waals surface area contributed by atoms with E-state index in [1.807, 2.05) is 50.2 Å². The molecule has 0 aliphatic carbocycles. The number of nitrogens with two attached hydrogens (primary N) is 1. The van der Waals surface area contributed by atoms with Crippen molar-refractivity contribution >= 4 is 17.4 Å². The Morgan fingerprint density at radius 1 is 1.12 bits per heavy atom. The number of nitrogens with zero attached hydrogens (tertiary/aromatic N) is 2. The van der Waals surface area contributed by atoms with Crippen molar-refractivity contribution in [2.75, 3.05) is 20.2 Å². The monoisotopic (exact) mass is 340 g/mol. The Bertz CT molecular complexity index is 737. The molecule has 132 valence electrons. The highest BCUT2D eigenvalue weighted by Crippen LogP contribution is 2.20. The molecule has 2 aromatic rings. The molecule has 0 unspecified atom stereocenters. The summed E-state index contributed by atoms with van der Waals surface area (Å²) in [6.07, 6.45) is 0. The number of benzene rings is 2. The van der Waals surface area contributed by atoms with E-state index in [-0.39, 0.29) is 5.91 Å². The first kappa shape index (κ1) is 18.5. The average molecular weight is 340 g/mol. The van der Waals surface area contributed by atoms with Crippen LogP contribution in [0.5, 0.6) is 5.75 Å². The maximum absolute atomic E-state index is 12.4. The summed E-state index contributed by atoms with van der Waals surface area (Å²) in [5.74, 6) is 6.87. The van der Waals surface area contributed by atoms with Gasteiger partial charge in [-0.1, -0.05) is 18.2 Å². The number of amides is 1. The first-order valence-corrected chi connectivity index (χ1v) is 8.22. The van der Waals surface area contributed by atoms with Crippen LogP contribution in [0.25, 0.3) is 0 Å². The van der Waals surface area contributed by atoms with E-state index in [1.165, 1.54) is 0 Å². The van der Waals surface area contributed by atoms with Crippen LogP contribution >= 0.6 is 0 Å². The summed E-state index contributed by atoms with van der Waals surface area (Å²) in [5.41, 5.74) is 4.77. The molecular formula is C19H24N4O2. The predicted molar refractivity (Wildman–Crippen MR) is 100 cm³/mol. The molecule has 0 aliphatic rings. The van der Waals surface area contributed by atoms with Gasteiger partial charge in [0.15, 0.2) is 0 Å². The highest BCUT2D eigenvalue weighted by Gasteiger charge is 2.12. The van der Waals surface area contributed by atoms with E-state index in [2.05, 4.69) is 10.4 Å². The number of carbonyl (C=O) groups excluding carboxylic acids is 1. The lowest BCUT2D eigenvalue weighted by Gasteiger charge is -2.18. The third kappa shape index (κ3) is 4.58. The van der Waals surface area contributed by atoms with E-state index < -0.39 is 0 Å². The molecule has 0 fully saturated rings. The number of rotatable bonds is 6. The second-order valence-corrected chi connectivity index (χ2v) is 5.36. The average Bonchev–Trinajstić information content (AvgIpc) is 2.67. The lowest BCUT2D eigenvalue weighted by molar-refractivity contribution is 0.0773. The molecule has 25 heavy (non-hydrogen) atoms. The summed E-state index contributed by atoms with van der Waals surface area (Å²) < 4.78 is 5.20. The number of methoxy groups -OCH3 is 1. The first-order chi connectivity index (χ1) is 12.1. The van der Waals surface area contributed by atoms with Crippen molar-refractivity contribution in [1.29, 1.82) is 0 Å². The van der Waals surface area contributed by atoms with Crippen LogP contribution in [0.3, 0.4) is 0 Å². The normalized spacial score (nSPS) is 11.1. The SMILES string of the molecule is CCN(CC)C(=O)c1ccc(C(=Nc2cccc(OC)c2)NN)cc1. The Kier molecular flexibility index (Phi) is 6.54. The summed E-state index contributed by atoms with van der Waals surface area (Å²) >= 11 is 0. The van der Waals surface area contributed by atoms with Gasteiger partial charge in [-0.2, -0.15) is 0 Å². The number of amidine groups is 1. The second kappa shape index (κ2) is 8.84. The first-order valence-electron chi connectivity index (χ1n) is 8.22. The van der Waals surface area contributed by atoms with Crippen LogP contribution in [0.15, 0.2) is 53.5 Å². The van der Waals surface area contributed by atoms with Gasteiger partial charge in [-0.25, -0.2) is 10.8 Å². The second-order valence-electron chi connectivity index (χ2n) is 5.36. The summed E-state index contributed by atoms with van der Waals surface area (Å²) in [6, 6.07) is 14.6. The molecule has 1 amide bonds. The van der Waals surface area contributed by atoms with Gasteiger partial charge in [0.2, 0.25) is 0 Å². The van der Waals surface area contributed by atoms with Crippen LogP contribution in [0.1, 0.15) is 29.8 Å². The highest BCUT2D eigenvalue weighted by molar-refractivity contribution is 6.01. The number of hydrogen-bond acceptors (Lipinski definition) is 4. The maximum atomic E-state index is 12.4. The van der Waals surface area contributed by atoms with Gasteiger partial charge in [0.05, 0.1) is 12.8 Å². The molecular weight excluding hydrogens is 316 g/mol. The van der Waals surface area contributed by atoms with Gasteiger partial charge < -0.3 is 15.1 Å². The molecule has 0 saturated carbocycles. The Labute approximate surface area is 148 Å². The minimum atomic E-state index is 0.0172. The highest BCUT2D eigenvalue weighted by atomic mass is 16.5. The summed E-state index contributed by atoms with van der Waals surface area (Å²) in [6.45, 7) is 5.30. The van der Waals surface area contributed by atoms with Gasteiger partial charge in [-0.3, -0.25) is 4.79 Å². The maximum Gasteiger partial charge on any atom is 0.253 e. The molecule has 6 heteroatoms. The summed E-state index contributed by atoms with van der Waals surface area (Å²) in [4.78, 5) is 18.6. The molecule has 2 aromatic carbocycles. The minimum absolute atomic E-state index is 0.0172. The fourth-order valence-corrected chi connectivity index (χ4v) is 2.45. The van der Waals surface area contributed by atoms with Gasteiger partial charge in [0.1, 0.15) is 11.6 Å². The van der Waals surface area contributed by atoms with Crippen molar-refractivity contribution in [1.82, 2.24) is 10.3 Å².